The second-order valence-corrected chi connectivity index (χ2v) is 6.38. The van der Waals surface area contributed by atoms with E-state index in [9.17, 15) is 4.39 Å². The Labute approximate surface area is 136 Å². The molecule has 21 heavy (non-hydrogen) atoms. The molecule has 0 aliphatic heterocycles. The van der Waals surface area contributed by atoms with Crippen LogP contribution in [0.15, 0.2) is 40.9 Å². The van der Waals surface area contributed by atoms with Crippen LogP contribution in [0.2, 0.25) is 5.02 Å². The molecule has 2 nitrogen and oxygen atoms in total. The van der Waals surface area contributed by atoms with E-state index in [-0.39, 0.29) is 5.82 Å². The molecule has 1 saturated carbocycles. The Kier molecular flexibility index (Phi) is 4.48. The molecule has 2 aromatic carbocycles. The summed E-state index contributed by atoms with van der Waals surface area (Å²) in [6.45, 7) is 0.711. The Morgan fingerprint density at radius 3 is 2.76 bits per heavy atom. The predicted octanol–water partition coefficient (Wildman–Crippen LogP) is 5.29. The summed E-state index contributed by atoms with van der Waals surface area (Å²) in [6, 6.07) is 10.7. The summed E-state index contributed by atoms with van der Waals surface area (Å²) in [6.07, 6.45) is 2.45. The van der Waals surface area contributed by atoms with Crippen molar-refractivity contribution in [1.82, 2.24) is 5.32 Å². The molecule has 5 heteroatoms. The number of halogens is 3. The minimum Gasteiger partial charge on any atom is -0.457 e. The number of benzene rings is 2. The van der Waals surface area contributed by atoms with Crippen LogP contribution in [0.25, 0.3) is 0 Å². The average Bonchev–Trinajstić information content (AvgIpc) is 3.27. The Balaban J connectivity index is 1.80. The van der Waals surface area contributed by atoms with E-state index in [1.807, 2.05) is 12.1 Å². The third-order valence-corrected chi connectivity index (χ3v) is 4.14. The molecule has 0 atom stereocenters. The van der Waals surface area contributed by atoms with Gasteiger partial charge in [0.25, 0.3) is 0 Å². The van der Waals surface area contributed by atoms with Crippen molar-refractivity contribution >= 4 is 27.5 Å². The van der Waals surface area contributed by atoms with E-state index in [1.165, 1.54) is 18.9 Å². The molecule has 0 unspecified atom stereocenters. The summed E-state index contributed by atoms with van der Waals surface area (Å²) in [7, 11) is 0. The summed E-state index contributed by atoms with van der Waals surface area (Å²) >= 11 is 9.22. The second-order valence-electron chi connectivity index (χ2n) is 5.09. The lowest BCUT2D eigenvalue weighted by molar-refractivity contribution is 0.470. The van der Waals surface area contributed by atoms with Crippen molar-refractivity contribution in [3.63, 3.8) is 0 Å². The zero-order chi connectivity index (χ0) is 14.8. The lowest BCUT2D eigenvalue weighted by Crippen LogP contribution is -2.15. The Morgan fingerprint density at radius 1 is 1.24 bits per heavy atom. The maximum Gasteiger partial charge on any atom is 0.137 e. The van der Waals surface area contributed by atoms with Crippen molar-refractivity contribution in [3.8, 4) is 11.5 Å². The van der Waals surface area contributed by atoms with Crippen molar-refractivity contribution in [2.75, 3.05) is 0 Å². The van der Waals surface area contributed by atoms with E-state index < -0.39 is 0 Å². The first-order valence-electron chi connectivity index (χ1n) is 6.76. The second kappa shape index (κ2) is 6.34. The molecule has 1 fully saturated rings. The smallest absolute Gasteiger partial charge is 0.137 e. The number of rotatable bonds is 5. The van der Waals surface area contributed by atoms with E-state index in [2.05, 4.69) is 21.2 Å². The lowest BCUT2D eigenvalue weighted by atomic mass is 10.2. The van der Waals surface area contributed by atoms with Crippen LogP contribution in [0, 0.1) is 5.82 Å². The number of hydrogen-bond acceptors (Lipinski definition) is 2. The summed E-state index contributed by atoms with van der Waals surface area (Å²) in [4.78, 5) is 0. The van der Waals surface area contributed by atoms with Crippen LogP contribution in [0.1, 0.15) is 18.4 Å². The topological polar surface area (TPSA) is 21.3 Å². The molecular formula is C16H14BrClFNO. The molecule has 3 rings (SSSR count). The zero-order valence-corrected chi connectivity index (χ0v) is 13.5. The van der Waals surface area contributed by atoms with Crippen molar-refractivity contribution in [3.05, 3.63) is 57.3 Å². The molecule has 0 heterocycles. The maximum atomic E-state index is 13.3. The first kappa shape index (κ1) is 14.8. The summed E-state index contributed by atoms with van der Waals surface area (Å²) in [5.74, 6) is 0.999. The summed E-state index contributed by atoms with van der Waals surface area (Å²) in [5.41, 5.74) is 0.995. The third kappa shape index (κ3) is 3.96. The van der Waals surface area contributed by atoms with Gasteiger partial charge in [0.15, 0.2) is 0 Å². The van der Waals surface area contributed by atoms with E-state index in [1.54, 1.807) is 18.2 Å². The average molecular weight is 371 g/mol. The van der Waals surface area contributed by atoms with Gasteiger partial charge in [-0.15, -0.1) is 0 Å². The van der Waals surface area contributed by atoms with Crippen LogP contribution in [-0.2, 0) is 6.54 Å². The highest BCUT2D eigenvalue weighted by molar-refractivity contribution is 9.10. The van der Waals surface area contributed by atoms with Gasteiger partial charge in [-0.2, -0.15) is 0 Å². The number of hydrogen-bond donors (Lipinski definition) is 1. The largest absolute Gasteiger partial charge is 0.457 e. The van der Waals surface area contributed by atoms with Crippen LogP contribution in [0.3, 0.4) is 0 Å². The number of ether oxygens (including phenoxy) is 1. The minimum absolute atomic E-state index is 0.311. The van der Waals surface area contributed by atoms with Crippen molar-refractivity contribution in [1.29, 1.82) is 0 Å². The van der Waals surface area contributed by atoms with Crippen molar-refractivity contribution in [2.45, 2.75) is 25.4 Å². The highest BCUT2D eigenvalue weighted by atomic mass is 79.9. The molecule has 1 aliphatic rings. The fourth-order valence-electron chi connectivity index (χ4n) is 1.99. The van der Waals surface area contributed by atoms with Gasteiger partial charge >= 0.3 is 0 Å². The fourth-order valence-corrected chi connectivity index (χ4v) is 2.55. The summed E-state index contributed by atoms with van der Waals surface area (Å²) < 4.78 is 19.5. The molecule has 1 N–H and O–H groups in total. The molecule has 110 valence electrons. The van der Waals surface area contributed by atoms with Gasteiger partial charge in [0, 0.05) is 23.2 Å². The van der Waals surface area contributed by atoms with Crippen LogP contribution < -0.4 is 10.1 Å². The molecule has 0 bridgehead atoms. The standard InChI is InChI=1S/C16H14BrClFNO/c17-14-8-13(4-5-15(14)19)21-16-6-1-11(18)7-10(16)9-20-12-2-3-12/h1,4-8,12,20H,2-3,9H2. The van der Waals surface area contributed by atoms with E-state index in [0.717, 1.165) is 11.3 Å². The van der Waals surface area contributed by atoms with E-state index >= 15 is 0 Å². The minimum atomic E-state index is -0.311. The number of nitrogens with one attached hydrogen (secondary N) is 1. The third-order valence-electron chi connectivity index (χ3n) is 3.30. The van der Waals surface area contributed by atoms with Gasteiger partial charge in [-0.05, 0) is 65.2 Å². The molecule has 0 spiro atoms. The van der Waals surface area contributed by atoms with Gasteiger partial charge < -0.3 is 10.1 Å². The zero-order valence-electron chi connectivity index (χ0n) is 11.2. The molecule has 0 radical (unpaired) electrons. The van der Waals surface area contributed by atoms with Crippen LogP contribution in [-0.4, -0.2) is 6.04 Å². The quantitative estimate of drug-likeness (QED) is 0.772. The summed E-state index contributed by atoms with van der Waals surface area (Å²) in [5, 5.41) is 4.12. The van der Waals surface area contributed by atoms with Crippen LogP contribution in [0.4, 0.5) is 4.39 Å². The molecular weight excluding hydrogens is 357 g/mol. The SMILES string of the molecule is Fc1ccc(Oc2ccc(Cl)cc2CNC2CC2)cc1Br. The predicted molar refractivity (Wildman–Crippen MR) is 85.5 cm³/mol. The normalized spacial score (nSPS) is 14.2. The van der Waals surface area contributed by atoms with Crippen molar-refractivity contribution in [2.24, 2.45) is 0 Å². The van der Waals surface area contributed by atoms with Gasteiger partial charge in [-0.3, -0.25) is 0 Å². The fraction of sp³-hybridized carbons (Fsp3) is 0.250. The Bertz CT molecular complexity index is 661. The van der Waals surface area contributed by atoms with Crippen LogP contribution in [0.5, 0.6) is 11.5 Å². The van der Waals surface area contributed by atoms with Gasteiger partial charge in [-0.25, -0.2) is 4.39 Å². The first-order valence-corrected chi connectivity index (χ1v) is 7.93. The van der Waals surface area contributed by atoms with Gasteiger partial charge in [0.2, 0.25) is 0 Å². The van der Waals surface area contributed by atoms with E-state index in [0.29, 0.717) is 27.8 Å². The lowest BCUT2D eigenvalue weighted by Gasteiger charge is -2.12. The first-order chi connectivity index (χ1) is 10.1. The van der Waals surface area contributed by atoms with Crippen LogP contribution >= 0.6 is 27.5 Å². The molecule has 0 saturated heterocycles. The molecule has 2 aromatic rings. The van der Waals surface area contributed by atoms with Gasteiger partial charge in [0.05, 0.1) is 4.47 Å². The Morgan fingerprint density at radius 2 is 2.05 bits per heavy atom. The highest BCUT2D eigenvalue weighted by Gasteiger charge is 2.20. The highest BCUT2D eigenvalue weighted by Crippen LogP contribution is 2.31. The molecule has 1 aliphatic carbocycles. The Hall–Kier alpha value is -1.10. The maximum absolute atomic E-state index is 13.3. The van der Waals surface area contributed by atoms with Gasteiger partial charge in [-0.1, -0.05) is 11.6 Å². The van der Waals surface area contributed by atoms with Gasteiger partial charge in [0.1, 0.15) is 17.3 Å². The van der Waals surface area contributed by atoms with E-state index in [4.69, 9.17) is 16.3 Å². The molecule has 0 amide bonds. The monoisotopic (exact) mass is 369 g/mol. The van der Waals surface area contributed by atoms with Crippen molar-refractivity contribution < 1.29 is 9.13 Å². The molecule has 0 aromatic heterocycles.